The van der Waals surface area contributed by atoms with E-state index in [9.17, 15) is 4.79 Å². The fraction of sp³-hybridized carbons (Fsp3) is 0.857. The summed E-state index contributed by atoms with van der Waals surface area (Å²) in [5.41, 5.74) is 0. The lowest BCUT2D eigenvalue weighted by Crippen LogP contribution is -2.46. The third-order valence-corrected chi connectivity index (χ3v) is 3.56. The quantitative estimate of drug-likeness (QED) is 0.736. The minimum Gasteiger partial charge on any atom is -0.339 e. The zero-order chi connectivity index (χ0) is 12.7. The largest absolute Gasteiger partial charge is 0.339 e. The van der Waals surface area contributed by atoms with Crippen LogP contribution in [0.3, 0.4) is 0 Å². The summed E-state index contributed by atoms with van der Waals surface area (Å²) < 4.78 is 0. The van der Waals surface area contributed by atoms with Crippen LogP contribution in [0.4, 0.5) is 0 Å². The number of amides is 1. The van der Waals surface area contributed by atoms with E-state index >= 15 is 0 Å². The van der Waals surface area contributed by atoms with Gasteiger partial charge in [0.05, 0.1) is 6.07 Å². The summed E-state index contributed by atoms with van der Waals surface area (Å²) in [4.78, 5) is 14.3. The molecule has 0 bridgehead atoms. The Bertz CT molecular complexity index is 280. The van der Waals surface area contributed by atoms with Crippen molar-refractivity contribution in [1.29, 1.82) is 5.26 Å². The number of hydrogen-bond donors (Lipinski definition) is 0. The van der Waals surface area contributed by atoms with Crippen LogP contribution in [0.15, 0.2) is 0 Å². The third kappa shape index (κ3) is 3.73. The van der Waals surface area contributed by atoms with E-state index in [1.807, 2.05) is 11.8 Å². The Morgan fingerprint density at radius 1 is 1.41 bits per heavy atom. The first-order valence-electron chi connectivity index (χ1n) is 6.94. The molecule has 0 aliphatic carbocycles. The van der Waals surface area contributed by atoms with Gasteiger partial charge in [0.25, 0.3) is 0 Å². The number of piperidine rings is 1. The number of likely N-dealkylation sites (tertiary alicyclic amines) is 1. The van der Waals surface area contributed by atoms with Crippen LogP contribution in [0.2, 0.25) is 0 Å². The van der Waals surface area contributed by atoms with E-state index in [0.29, 0.717) is 12.5 Å². The maximum atomic E-state index is 12.3. The first-order valence-corrected chi connectivity index (χ1v) is 6.94. The summed E-state index contributed by atoms with van der Waals surface area (Å²) in [5.74, 6) is -0.343. The number of nitriles is 1. The Balaban J connectivity index is 2.66. The van der Waals surface area contributed by atoms with Gasteiger partial charge in [0, 0.05) is 12.6 Å². The molecule has 0 spiro atoms. The van der Waals surface area contributed by atoms with Crippen molar-refractivity contribution >= 4 is 5.91 Å². The van der Waals surface area contributed by atoms with Crippen LogP contribution in [0.5, 0.6) is 0 Å². The maximum Gasteiger partial charge on any atom is 0.240 e. The number of rotatable bonds is 5. The molecule has 0 N–H and O–H groups in total. The van der Waals surface area contributed by atoms with Crippen molar-refractivity contribution in [2.75, 3.05) is 6.54 Å². The van der Waals surface area contributed by atoms with E-state index in [1.165, 1.54) is 6.42 Å². The highest BCUT2D eigenvalue weighted by molar-refractivity contribution is 5.81. The van der Waals surface area contributed by atoms with Gasteiger partial charge in [-0.25, -0.2) is 0 Å². The second kappa shape index (κ2) is 7.32. The third-order valence-electron chi connectivity index (χ3n) is 3.56. The summed E-state index contributed by atoms with van der Waals surface area (Å²) in [6.45, 7) is 5.04. The van der Waals surface area contributed by atoms with E-state index in [2.05, 4.69) is 13.0 Å². The van der Waals surface area contributed by atoms with Crippen LogP contribution in [0.1, 0.15) is 58.8 Å². The molecule has 17 heavy (non-hydrogen) atoms. The average Bonchev–Trinajstić information content (AvgIpc) is 2.36. The molecule has 1 aliphatic rings. The zero-order valence-electron chi connectivity index (χ0n) is 11.1. The Kier molecular flexibility index (Phi) is 6.04. The van der Waals surface area contributed by atoms with Crippen LogP contribution in [0, 0.1) is 17.2 Å². The second-order valence-corrected chi connectivity index (χ2v) is 4.94. The van der Waals surface area contributed by atoms with Crippen LogP contribution in [-0.4, -0.2) is 23.4 Å². The van der Waals surface area contributed by atoms with E-state index in [0.717, 1.165) is 38.6 Å². The first kappa shape index (κ1) is 14.0. The van der Waals surface area contributed by atoms with Gasteiger partial charge in [0.1, 0.15) is 5.92 Å². The monoisotopic (exact) mass is 236 g/mol. The van der Waals surface area contributed by atoms with Crippen molar-refractivity contribution in [1.82, 2.24) is 4.90 Å². The molecule has 2 unspecified atom stereocenters. The smallest absolute Gasteiger partial charge is 0.240 e. The summed E-state index contributed by atoms with van der Waals surface area (Å²) in [6, 6.07) is 2.55. The molecule has 1 fully saturated rings. The maximum absolute atomic E-state index is 12.3. The molecular weight excluding hydrogens is 212 g/mol. The minimum absolute atomic E-state index is 0.0764. The van der Waals surface area contributed by atoms with Gasteiger partial charge < -0.3 is 4.90 Å². The molecule has 0 aromatic carbocycles. The molecule has 0 aromatic heterocycles. The normalized spacial score (nSPS) is 21.9. The minimum atomic E-state index is -0.419. The van der Waals surface area contributed by atoms with Gasteiger partial charge in [0.15, 0.2) is 0 Å². The molecule has 1 heterocycles. The standard InChI is InChI=1S/C14H24N2O/c1-3-7-12(11-15)14(17)16-10-6-5-9-13(16)8-4-2/h12-13H,3-10H2,1-2H3. The lowest BCUT2D eigenvalue weighted by molar-refractivity contribution is -0.137. The molecule has 1 amide bonds. The Hall–Kier alpha value is -1.04. The van der Waals surface area contributed by atoms with Crippen molar-refractivity contribution in [3.63, 3.8) is 0 Å². The van der Waals surface area contributed by atoms with Crippen LogP contribution in [-0.2, 0) is 4.79 Å². The van der Waals surface area contributed by atoms with Crippen molar-refractivity contribution in [3.8, 4) is 6.07 Å². The van der Waals surface area contributed by atoms with Gasteiger partial charge in [0.2, 0.25) is 5.91 Å². The molecule has 3 nitrogen and oxygen atoms in total. The number of carbonyl (C=O) groups is 1. The van der Waals surface area contributed by atoms with E-state index in [-0.39, 0.29) is 5.91 Å². The highest BCUT2D eigenvalue weighted by Gasteiger charge is 2.30. The van der Waals surface area contributed by atoms with E-state index in [1.54, 1.807) is 0 Å². The van der Waals surface area contributed by atoms with Crippen LogP contribution in [0.25, 0.3) is 0 Å². The van der Waals surface area contributed by atoms with Gasteiger partial charge >= 0.3 is 0 Å². The van der Waals surface area contributed by atoms with Gasteiger partial charge in [-0.05, 0) is 32.1 Å². The summed E-state index contributed by atoms with van der Waals surface area (Å²) in [5, 5.41) is 9.08. The average molecular weight is 236 g/mol. The Morgan fingerprint density at radius 2 is 2.18 bits per heavy atom. The summed E-state index contributed by atoms with van der Waals surface area (Å²) in [7, 11) is 0. The van der Waals surface area contributed by atoms with Crippen LogP contribution < -0.4 is 0 Å². The molecule has 0 radical (unpaired) electrons. The predicted octanol–water partition coefficient (Wildman–Crippen LogP) is 3.11. The highest BCUT2D eigenvalue weighted by atomic mass is 16.2. The Labute approximate surface area is 105 Å². The molecule has 3 heteroatoms. The van der Waals surface area contributed by atoms with Crippen molar-refractivity contribution in [2.45, 2.75) is 64.8 Å². The number of carbonyl (C=O) groups excluding carboxylic acids is 1. The van der Waals surface area contributed by atoms with Crippen LogP contribution >= 0.6 is 0 Å². The molecule has 2 atom stereocenters. The molecule has 0 saturated carbocycles. The summed E-state index contributed by atoms with van der Waals surface area (Å²) >= 11 is 0. The lowest BCUT2D eigenvalue weighted by atomic mass is 9.95. The molecule has 1 saturated heterocycles. The fourth-order valence-corrected chi connectivity index (χ4v) is 2.66. The topological polar surface area (TPSA) is 44.1 Å². The summed E-state index contributed by atoms with van der Waals surface area (Å²) in [6.07, 6.45) is 7.22. The molecular formula is C14H24N2O. The molecule has 96 valence electrons. The fourth-order valence-electron chi connectivity index (χ4n) is 2.66. The molecule has 1 aliphatic heterocycles. The first-order chi connectivity index (χ1) is 8.24. The Morgan fingerprint density at radius 3 is 2.76 bits per heavy atom. The second-order valence-electron chi connectivity index (χ2n) is 4.94. The van der Waals surface area contributed by atoms with Crippen molar-refractivity contribution < 1.29 is 4.79 Å². The van der Waals surface area contributed by atoms with Gasteiger partial charge in [-0.1, -0.05) is 26.7 Å². The van der Waals surface area contributed by atoms with Crippen molar-refractivity contribution in [2.24, 2.45) is 5.92 Å². The lowest BCUT2D eigenvalue weighted by Gasteiger charge is -2.36. The number of hydrogen-bond acceptors (Lipinski definition) is 2. The zero-order valence-corrected chi connectivity index (χ0v) is 11.1. The number of nitrogens with zero attached hydrogens (tertiary/aromatic N) is 2. The predicted molar refractivity (Wildman–Crippen MR) is 68.3 cm³/mol. The van der Waals surface area contributed by atoms with Gasteiger partial charge in [-0.3, -0.25) is 4.79 Å². The van der Waals surface area contributed by atoms with Gasteiger partial charge in [-0.2, -0.15) is 5.26 Å². The molecule has 1 rings (SSSR count). The SMILES string of the molecule is CCCC(C#N)C(=O)N1CCCCC1CCC. The van der Waals surface area contributed by atoms with E-state index < -0.39 is 5.92 Å². The van der Waals surface area contributed by atoms with E-state index in [4.69, 9.17) is 5.26 Å². The van der Waals surface area contributed by atoms with Crippen molar-refractivity contribution in [3.05, 3.63) is 0 Å². The highest BCUT2D eigenvalue weighted by Crippen LogP contribution is 2.23. The molecule has 0 aromatic rings. The van der Waals surface area contributed by atoms with Gasteiger partial charge in [-0.15, -0.1) is 0 Å².